The number of benzene rings is 2. The lowest BCUT2D eigenvalue weighted by atomic mass is 10.1. The molecule has 1 fully saturated rings. The smallest absolute Gasteiger partial charge is 0.247 e. The average molecular weight is 421 g/mol. The number of likely N-dealkylation sites (tertiary alicyclic amines) is 1. The minimum Gasteiger partial charge on any atom is -0.496 e. The minimum absolute atomic E-state index is 0.00796. The zero-order chi connectivity index (χ0) is 20.7. The summed E-state index contributed by atoms with van der Waals surface area (Å²) in [5, 5.41) is 1.02. The molecule has 5 nitrogen and oxygen atoms in total. The van der Waals surface area contributed by atoms with E-state index >= 15 is 0 Å². The Labute approximate surface area is 179 Å². The van der Waals surface area contributed by atoms with Crippen LogP contribution in [0.3, 0.4) is 0 Å². The molecule has 0 N–H and O–H groups in total. The van der Waals surface area contributed by atoms with Gasteiger partial charge in [-0.15, -0.1) is 11.3 Å². The highest BCUT2D eigenvalue weighted by atomic mass is 32.1. The molecule has 2 atom stereocenters. The van der Waals surface area contributed by atoms with Crippen LogP contribution in [0.4, 0.5) is 0 Å². The number of thiazole rings is 1. The number of para-hydroxylation sites is 1. The van der Waals surface area contributed by atoms with Gasteiger partial charge in [0.1, 0.15) is 22.6 Å². The van der Waals surface area contributed by atoms with E-state index in [-0.39, 0.29) is 18.1 Å². The van der Waals surface area contributed by atoms with Gasteiger partial charge in [-0.3, -0.25) is 4.79 Å². The van der Waals surface area contributed by atoms with Crippen molar-refractivity contribution < 1.29 is 14.3 Å². The molecule has 1 aromatic heterocycles. The number of carbonyl (C=O) groups excluding carboxylic acids is 1. The Kier molecular flexibility index (Phi) is 4.95. The Hall–Kier alpha value is -2.86. The van der Waals surface area contributed by atoms with E-state index in [9.17, 15) is 4.79 Å². The number of carbonyl (C=O) groups is 1. The molecule has 30 heavy (non-hydrogen) atoms. The first-order valence-electron chi connectivity index (χ1n) is 10.3. The van der Waals surface area contributed by atoms with Gasteiger partial charge in [-0.05, 0) is 50.1 Å². The van der Waals surface area contributed by atoms with Gasteiger partial charge in [-0.25, -0.2) is 4.98 Å². The van der Waals surface area contributed by atoms with Crippen LogP contribution in [0.15, 0.2) is 42.5 Å². The first-order valence-corrected chi connectivity index (χ1v) is 11.2. The van der Waals surface area contributed by atoms with Crippen molar-refractivity contribution in [2.45, 2.75) is 38.3 Å². The van der Waals surface area contributed by atoms with Gasteiger partial charge in [-0.1, -0.05) is 12.1 Å². The average Bonchev–Trinajstić information content (AvgIpc) is 3.47. The van der Waals surface area contributed by atoms with Crippen LogP contribution in [0.25, 0.3) is 16.3 Å². The molecule has 0 aliphatic carbocycles. The number of fused-ring (bicyclic) bond motifs is 2. The van der Waals surface area contributed by atoms with Gasteiger partial charge >= 0.3 is 0 Å². The van der Waals surface area contributed by atoms with Crippen molar-refractivity contribution in [1.29, 1.82) is 0 Å². The summed E-state index contributed by atoms with van der Waals surface area (Å²) in [6, 6.07) is 12.2. The number of methoxy groups -OCH3 is 1. The molecule has 1 saturated heterocycles. The van der Waals surface area contributed by atoms with E-state index in [1.807, 2.05) is 41.3 Å². The summed E-state index contributed by atoms with van der Waals surface area (Å²) in [6.07, 6.45) is 6.48. The molecule has 2 aromatic carbocycles. The number of nitrogens with zero attached hydrogens (tertiary/aromatic N) is 2. The summed E-state index contributed by atoms with van der Waals surface area (Å²) in [5.41, 5.74) is 3.01. The summed E-state index contributed by atoms with van der Waals surface area (Å²) < 4.78 is 12.6. The normalized spacial score (nSPS) is 20.7. The first kappa shape index (κ1) is 19.1. The fourth-order valence-electron chi connectivity index (χ4n) is 4.34. The number of rotatable bonds is 4. The van der Waals surface area contributed by atoms with Crippen molar-refractivity contribution in [3.8, 4) is 11.5 Å². The van der Waals surface area contributed by atoms with Crippen LogP contribution in [0.1, 0.15) is 41.9 Å². The van der Waals surface area contributed by atoms with Crippen molar-refractivity contribution in [3.63, 3.8) is 0 Å². The molecule has 3 aromatic rings. The molecule has 0 radical (unpaired) electrons. The second-order valence-electron chi connectivity index (χ2n) is 7.88. The second-order valence-corrected chi connectivity index (χ2v) is 8.94. The zero-order valence-electron chi connectivity index (χ0n) is 17.1. The van der Waals surface area contributed by atoms with Crippen LogP contribution in [0, 0.1) is 0 Å². The second kappa shape index (κ2) is 7.76. The van der Waals surface area contributed by atoms with E-state index < -0.39 is 0 Å². The first-order chi connectivity index (χ1) is 14.6. The molecule has 2 aliphatic heterocycles. The lowest BCUT2D eigenvalue weighted by molar-refractivity contribution is -0.126. The maximum Gasteiger partial charge on any atom is 0.247 e. The third kappa shape index (κ3) is 3.45. The van der Waals surface area contributed by atoms with Gasteiger partial charge < -0.3 is 14.4 Å². The van der Waals surface area contributed by atoms with Crippen molar-refractivity contribution >= 4 is 33.5 Å². The fraction of sp³-hybridized carbons (Fsp3) is 0.333. The molecule has 0 spiro atoms. The van der Waals surface area contributed by atoms with Crippen molar-refractivity contribution in [2.75, 3.05) is 13.7 Å². The molecular weight excluding hydrogens is 396 g/mol. The van der Waals surface area contributed by atoms with Crippen LogP contribution in [-0.2, 0) is 11.2 Å². The zero-order valence-corrected chi connectivity index (χ0v) is 17.9. The molecule has 0 saturated carbocycles. The predicted molar refractivity (Wildman–Crippen MR) is 119 cm³/mol. The van der Waals surface area contributed by atoms with Gasteiger partial charge in [0, 0.05) is 30.2 Å². The Morgan fingerprint density at radius 3 is 3.03 bits per heavy atom. The summed E-state index contributed by atoms with van der Waals surface area (Å²) in [7, 11) is 1.66. The number of amides is 1. The highest BCUT2D eigenvalue weighted by Gasteiger charge is 2.31. The van der Waals surface area contributed by atoms with Gasteiger partial charge in [0.25, 0.3) is 0 Å². The van der Waals surface area contributed by atoms with E-state index in [1.165, 1.54) is 4.70 Å². The SMILES string of the molecule is COc1cc2c(cc1/C=C/C(=O)N1CCCC1c1nc3ccccc3s1)OC(C)C2. The molecule has 154 valence electrons. The summed E-state index contributed by atoms with van der Waals surface area (Å²) >= 11 is 1.68. The molecule has 3 heterocycles. The molecule has 2 unspecified atom stereocenters. The summed E-state index contributed by atoms with van der Waals surface area (Å²) in [6.45, 7) is 2.81. The maximum atomic E-state index is 13.0. The van der Waals surface area contributed by atoms with Gasteiger partial charge in [0.15, 0.2) is 0 Å². The monoisotopic (exact) mass is 420 g/mol. The quantitative estimate of drug-likeness (QED) is 0.557. The van der Waals surface area contributed by atoms with Crippen LogP contribution in [0.2, 0.25) is 0 Å². The number of hydrogen-bond acceptors (Lipinski definition) is 5. The largest absolute Gasteiger partial charge is 0.496 e. The Balaban J connectivity index is 1.38. The van der Waals surface area contributed by atoms with E-state index in [2.05, 4.69) is 13.0 Å². The maximum absolute atomic E-state index is 13.0. The highest BCUT2D eigenvalue weighted by molar-refractivity contribution is 7.18. The highest BCUT2D eigenvalue weighted by Crippen LogP contribution is 2.38. The van der Waals surface area contributed by atoms with Crippen molar-refractivity contribution in [2.24, 2.45) is 0 Å². The number of hydrogen-bond donors (Lipinski definition) is 0. The molecule has 5 rings (SSSR count). The van der Waals surface area contributed by atoms with Gasteiger partial charge in [0.05, 0.1) is 23.4 Å². The fourth-order valence-corrected chi connectivity index (χ4v) is 5.45. The van der Waals surface area contributed by atoms with E-state index in [4.69, 9.17) is 14.5 Å². The summed E-state index contributed by atoms with van der Waals surface area (Å²) in [5.74, 6) is 1.65. The predicted octanol–water partition coefficient (Wildman–Crippen LogP) is 5.01. The van der Waals surface area contributed by atoms with E-state index in [1.54, 1.807) is 24.5 Å². The third-order valence-corrected chi connectivity index (χ3v) is 6.92. The number of aromatic nitrogens is 1. The van der Waals surface area contributed by atoms with Crippen molar-refractivity contribution in [1.82, 2.24) is 9.88 Å². The standard InChI is InChI=1S/C24H24N2O3S/c1-15-12-17-14-20(28-2)16(13-21(17)29-15)9-10-23(27)26-11-5-7-19(26)24-25-18-6-3-4-8-22(18)30-24/h3-4,6,8-10,13-15,19H,5,7,11-12H2,1-2H3/b10-9+. The van der Waals surface area contributed by atoms with Crippen LogP contribution in [-0.4, -0.2) is 35.5 Å². The molecule has 6 heteroatoms. The van der Waals surface area contributed by atoms with E-state index in [0.29, 0.717) is 0 Å². The lowest BCUT2D eigenvalue weighted by Crippen LogP contribution is -2.28. The Bertz CT molecular complexity index is 1100. The van der Waals surface area contributed by atoms with Gasteiger partial charge in [-0.2, -0.15) is 0 Å². The van der Waals surface area contributed by atoms with E-state index in [0.717, 1.165) is 59.0 Å². The third-order valence-electron chi connectivity index (χ3n) is 5.79. The lowest BCUT2D eigenvalue weighted by Gasteiger charge is -2.21. The van der Waals surface area contributed by atoms with Crippen LogP contribution < -0.4 is 9.47 Å². The minimum atomic E-state index is 0.00796. The van der Waals surface area contributed by atoms with Crippen molar-refractivity contribution in [3.05, 3.63) is 58.6 Å². The molecule has 1 amide bonds. The van der Waals surface area contributed by atoms with Gasteiger partial charge in [0.2, 0.25) is 5.91 Å². The number of ether oxygens (including phenoxy) is 2. The Morgan fingerprint density at radius 1 is 1.33 bits per heavy atom. The molecular formula is C24H24N2O3S. The Morgan fingerprint density at radius 2 is 2.20 bits per heavy atom. The van der Waals surface area contributed by atoms with Crippen LogP contribution >= 0.6 is 11.3 Å². The molecule has 0 bridgehead atoms. The molecule has 2 aliphatic rings. The van der Waals surface area contributed by atoms with Crippen LogP contribution in [0.5, 0.6) is 11.5 Å². The summed E-state index contributed by atoms with van der Waals surface area (Å²) in [4.78, 5) is 19.8. The topological polar surface area (TPSA) is 51.7 Å².